The molecular formula is C12H16BO2. The van der Waals surface area contributed by atoms with Gasteiger partial charge >= 0.3 is 0 Å². The van der Waals surface area contributed by atoms with Gasteiger partial charge in [0.1, 0.15) is 11.4 Å². The van der Waals surface area contributed by atoms with Gasteiger partial charge in [-0.25, -0.2) is 0 Å². The van der Waals surface area contributed by atoms with Gasteiger partial charge in [0.25, 0.3) is 0 Å². The molecule has 0 heterocycles. The van der Waals surface area contributed by atoms with E-state index in [1.165, 1.54) is 0 Å². The molecule has 0 amide bonds. The molecule has 0 N–H and O–H groups in total. The topological polar surface area (TPSA) is 26.3 Å². The van der Waals surface area contributed by atoms with E-state index >= 15 is 0 Å². The summed E-state index contributed by atoms with van der Waals surface area (Å²) in [6.45, 7) is 2.11. The Balaban J connectivity index is 2.64. The summed E-state index contributed by atoms with van der Waals surface area (Å²) in [5, 5.41) is 0. The highest BCUT2D eigenvalue weighted by Crippen LogP contribution is 2.17. The van der Waals surface area contributed by atoms with Crippen molar-refractivity contribution in [1.29, 1.82) is 0 Å². The maximum Gasteiger partial charge on any atom is 0.209 e. The van der Waals surface area contributed by atoms with E-state index in [0.29, 0.717) is 11.3 Å². The highest BCUT2D eigenvalue weighted by molar-refractivity contribution is 6.77. The minimum Gasteiger partial charge on any atom is -0.496 e. The zero-order valence-corrected chi connectivity index (χ0v) is 9.32. The van der Waals surface area contributed by atoms with Gasteiger partial charge in [0, 0.05) is 5.56 Å². The van der Waals surface area contributed by atoms with Crippen LogP contribution in [0.2, 0.25) is 6.32 Å². The minimum absolute atomic E-state index is 0.0564. The maximum atomic E-state index is 11.8. The SMILES string of the molecule is CCCC[B]C(=O)c1ccccc1OC. The number of carbonyl (C=O) groups excluding carboxylic acids is 1. The van der Waals surface area contributed by atoms with Gasteiger partial charge in [-0.15, -0.1) is 0 Å². The second-order valence-corrected chi connectivity index (χ2v) is 3.41. The molecule has 0 aromatic heterocycles. The highest BCUT2D eigenvalue weighted by atomic mass is 16.5. The van der Waals surface area contributed by atoms with Crippen molar-refractivity contribution in [3.63, 3.8) is 0 Å². The van der Waals surface area contributed by atoms with E-state index in [4.69, 9.17) is 4.74 Å². The Hall–Kier alpha value is -1.25. The summed E-state index contributed by atoms with van der Waals surface area (Å²) in [4.78, 5) is 11.8. The largest absolute Gasteiger partial charge is 0.496 e. The lowest BCUT2D eigenvalue weighted by molar-refractivity contribution is 0.107. The summed E-state index contributed by atoms with van der Waals surface area (Å²) in [6.07, 6.45) is 3.00. The lowest BCUT2D eigenvalue weighted by Gasteiger charge is -2.06. The van der Waals surface area contributed by atoms with Gasteiger partial charge in [0.05, 0.1) is 7.11 Å². The molecule has 1 rings (SSSR count). The van der Waals surface area contributed by atoms with Crippen molar-refractivity contribution in [1.82, 2.24) is 0 Å². The van der Waals surface area contributed by atoms with Gasteiger partial charge in [-0.3, -0.25) is 0 Å². The molecule has 0 aliphatic heterocycles. The third-order valence-corrected chi connectivity index (χ3v) is 2.26. The molecule has 0 saturated carbocycles. The lowest BCUT2D eigenvalue weighted by Crippen LogP contribution is -2.10. The van der Waals surface area contributed by atoms with E-state index in [9.17, 15) is 4.79 Å². The Morgan fingerprint density at radius 2 is 2.13 bits per heavy atom. The number of para-hydroxylation sites is 1. The fraction of sp³-hybridized carbons (Fsp3) is 0.417. The summed E-state index contributed by atoms with van der Waals surface area (Å²) < 4.78 is 5.13. The third-order valence-electron chi connectivity index (χ3n) is 2.26. The van der Waals surface area contributed by atoms with E-state index in [2.05, 4.69) is 6.92 Å². The average Bonchev–Trinajstić information content (AvgIpc) is 2.29. The van der Waals surface area contributed by atoms with E-state index in [1.807, 2.05) is 12.1 Å². The molecule has 79 valence electrons. The summed E-state index contributed by atoms with van der Waals surface area (Å²) in [5.74, 6) is 0.648. The minimum atomic E-state index is 0.0564. The van der Waals surface area contributed by atoms with Crippen molar-refractivity contribution in [2.75, 3.05) is 7.11 Å². The van der Waals surface area contributed by atoms with Crippen LogP contribution >= 0.6 is 0 Å². The third kappa shape index (κ3) is 3.42. The molecule has 15 heavy (non-hydrogen) atoms. The van der Waals surface area contributed by atoms with Gasteiger partial charge in [-0.1, -0.05) is 38.2 Å². The number of benzene rings is 1. The van der Waals surface area contributed by atoms with Gasteiger partial charge in [0.15, 0.2) is 0 Å². The number of rotatable bonds is 6. The Bertz CT molecular complexity index is 323. The first-order valence-electron chi connectivity index (χ1n) is 5.30. The monoisotopic (exact) mass is 203 g/mol. The molecule has 2 nitrogen and oxygen atoms in total. The first-order chi connectivity index (χ1) is 7.29. The number of hydrogen-bond donors (Lipinski definition) is 0. The molecule has 0 saturated heterocycles. The van der Waals surface area contributed by atoms with Gasteiger partial charge in [-0.2, -0.15) is 0 Å². The number of carbonyl (C=O) groups is 1. The number of hydrogen-bond acceptors (Lipinski definition) is 2. The molecule has 0 bridgehead atoms. The number of methoxy groups -OCH3 is 1. The first kappa shape index (κ1) is 11.8. The van der Waals surface area contributed by atoms with Crippen LogP contribution < -0.4 is 4.74 Å². The highest BCUT2D eigenvalue weighted by Gasteiger charge is 2.11. The Labute approximate surface area is 91.9 Å². The van der Waals surface area contributed by atoms with Crippen LogP contribution in [0.15, 0.2) is 24.3 Å². The van der Waals surface area contributed by atoms with Crippen molar-refractivity contribution in [3.05, 3.63) is 29.8 Å². The maximum absolute atomic E-state index is 11.8. The number of ether oxygens (including phenoxy) is 1. The molecule has 0 atom stereocenters. The molecule has 0 spiro atoms. The smallest absolute Gasteiger partial charge is 0.209 e. The van der Waals surface area contributed by atoms with Crippen molar-refractivity contribution >= 4 is 13.0 Å². The molecule has 1 aromatic carbocycles. The standard InChI is InChI=1S/C12H16BO2/c1-3-4-9-13-12(14)10-7-5-6-8-11(10)15-2/h5-8H,3-4,9H2,1-2H3. The zero-order chi connectivity index (χ0) is 11.1. The van der Waals surface area contributed by atoms with Crippen molar-refractivity contribution in [2.45, 2.75) is 26.1 Å². The first-order valence-corrected chi connectivity index (χ1v) is 5.30. The summed E-state index contributed by atoms with van der Waals surface area (Å²) in [7, 11) is 3.32. The molecule has 0 fully saturated rings. The van der Waals surface area contributed by atoms with Crippen LogP contribution in [0.1, 0.15) is 30.1 Å². The van der Waals surface area contributed by atoms with Crippen LogP contribution in [0, 0.1) is 0 Å². The molecule has 1 radical (unpaired) electrons. The van der Waals surface area contributed by atoms with Gasteiger partial charge in [0.2, 0.25) is 7.28 Å². The molecule has 3 heteroatoms. The van der Waals surface area contributed by atoms with Crippen LogP contribution in [0.4, 0.5) is 0 Å². The zero-order valence-electron chi connectivity index (χ0n) is 9.32. The second-order valence-electron chi connectivity index (χ2n) is 3.41. The summed E-state index contributed by atoms with van der Waals surface area (Å²) in [6, 6.07) is 7.32. The molecule has 0 unspecified atom stereocenters. The summed E-state index contributed by atoms with van der Waals surface area (Å²) in [5.41, 5.74) is 0.706. The van der Waals surface area contributed by atoms with E-state index in [1.54, 1.807) is 26.5 Å². The lowest BCUT2D eigenvalue weighted by atomic mass is 9.66. The second kappa shape index (κ2) is 6.28. The quantitative estimate of drug-likeness (QED) is 0.524. The Kier molecular flexibility index (Phi) is 4.95. The van der Waals surface area contributed by atoms with Crippen LogP contribution in [0.25, 0.3) is 0 Å². The predicted molar refractivity (Wildman–Crippen MR) is 62.8 cm³/mol. The molecular weight excluding hydrogens is 187 g/mol. The van der Waals surface area contributed by atoms with Gasteiger partial charge < -0.3 is 9.53 Å². The van der Waals surface area contributed by atoms with E-state index in [0.717, 1.165) is 19.2 Å². The summed E-state index contributed by atoms with van der Waals surface area (Å²) >= 11 is 0. The van der Waals surface area contributed by atoms with Crippen LogP contribution in [-0.2, 0) is 0 Å². The fourth-order valence-corrected chi connectivity index (χ4v) is 1.40. The van der Waals surface area contributed by atoms with Gasteiger partial charge in [-0.05, 0) is 12.1 Å². The normalized spacial score (nSPS) is 9.73. The Morgan fingerprint density at radius 3 is 2.80 bits per heavy atom. The number of unbranched alkanes of at least 4 members (excludes halogenated alkanes) is 1. The van der Waals surface area contributed by atoms with Crippen molar-refractivity contribution < 1.29 is 9.53 Å². The van der Waals surface area contributed by atoms with Crippen LogP contribution in [0.3, 0.4) is 0 Å². The van der Waals surface area contributed by atoms with Crippen molar-refractivity contribution in [3.8, 4) is 5.75 Å². The van der Waals surface area contributed by atoms with E-state index < -0.39 is 0 Å². The fourth-order valence-electron chi connectivity index (χ4n) is 1.40. The van der Waals surface area contributed by atoms with Crippen molar-refractivity contribution in [2.24, 2.45) is 0 Å². The van der Waals surface area contributed by atoms with Crippen LogP contribution in [-0.4, -0.2) is 20.1 Å². The molecule has 0 aliphatic rings. The predicted octanol–water partition coefficient (Wildman–Crippen LogP) is 2.76. The average molecular weight is 203 g/mol. The van der Waals surface area contributed by atoms with E-state index in [-0.39, 0.29) is 5.68 Å². The molecule has 1 aromatic rings. The van der Waals surface area contributed by atoms with Crippen LogP contribution in [0.5, 0.6) is 5.75 Å². The molecule has 0 aliphatic carbocycles. The Morgan fingerprint density at radius 1 is 1.40 bits per heavy atom.